The van der Waals surface area contributed by atoms with Crippen LogP contribution in [0.2, 0.25) is 0 Å². The van der Waals surface area contributed by atoms with E-state index < -0.39 is 18.1 Å². The second-order valence-electron chi connectivity index (χ2n) is 9.40. The van der Waals surface area contributed by atoms with Gasteiger partial charge in [-0.05, 0) is 38.8 Å². The lowest BCUT2D eigenvalue weighted by molar-refractivity contribution is -0.183. The number of carbonyl (C=O) groups excluding carboxylic acids is 2. The van der Waals surface area contributed by atoms with Crippen molar-refractivity contribution in [3.05, 3.63) is 47.0 Å². The molecular formula is C24H26F3N7O2. The highest BCUT2D eigenvalue weighted by Gasteiger charge is 2.47. The lowest BCUT2D eigenvalue weighted by Crippen LogP contribution is -2.49. The molecule has 190 valence electrons. The van der Waals surface area contributed by atoms with Crippen LogP contribution in [0.15, 0.2) is 24.5 Å². The predicted octanol–water partition coefficient (Wildman–Crippen LogP) is 2.82. The van der Waals surface area contributed by atoms with Crippen LogP contribution in [0.1, 0.15) is 46.1 Å². The van der Waals surface area contributed by atoms with Crippen molar-refractivity contribution >= 4 is 28.5 Å². The number of amides is 2. The highest BCUT2D eigenvalue weighted by Crippen LogP contribution is 2.35. The number of nitrogens with zero attached hydrogens (tertiary/aromatic N) is 6. The van der Waals surface area contributed by atoms with Crippen molar-refractivity contribution in [2.75, 3.05) is 25.4 Å². The molecule has 2 saturated heterocycles. The van der Waals surface area contributed by atoms with Crippen molar-refractivity contribution in [2.24, 2.45) is 0 Å². The number of likely N-dealkylation sites (tertiary alicyclic amines) is 2. The van der Waals surface area contributed by atoms with Crippen LogP contribution >= 0.6 is 0 Å². The van der Waals surface area contributed by atoms with Gasteiger partial charge in [0.15, 0.2) is 0 Å². The first-order valence-corrected chi connectivity index (χ1v) is 11.7. The number of fused-ring (bicyclic) bond motifs is 1. The fourth-order valence-corrected chi connectivity index (χ4v) is 5.12. The van der Waals surface area contributed by atoms with E-state index in [9.17, 15) is 22.8 Å². The molecule has 2 N–H and O–H groups in total. The summed E-state index contributed by atoms with van der Waals surface area (Å²) in [7, 11) is 0. The Morgan fingerprint density at radius 3 is 2.58 bits per heavy atom. The first-order chi connectivity index (χ1) is 17.1. The van der Waals surface area contributed by atoms with Gasteiger partial charge in [0.1, 0.15) is 18.4 Å². The Balaban J connectivity index is 1.38. The Bertz CT molecular complexity index is 1350. The number of anilines is 1. The summed E-state index contributed by atoms with van der Waals surface area (Å²) in [5.74, 6) is -0.556. The third kappa shape index (κ3) is 4.03. The number of nitrogen functional groups attached to an aromatic ring is 1. The summed E-state index contributed by atoms with van der Waals surface area (Å²) in [4.78, 5) is 36.8. The summed E-state index contributed by atoms with van der Waals surface area (Å²) in [5, 5.41) is 5.41. The van der Waals surface area contributed by atoms with Gasteiger partial charge in [-0.3, -0.25) is 19.3 Å². The zero-order chi connectivity index (χ0) is 25.8. The van der Waals surface area contributed by atoms with Crippen molar-refractivity contribution in [2.45, 2.75) is 51.4 Å². The summed E-state index contributed by atoms with van der Waals surface area (Å²) in [6, 6.07) is 1.59. The lowest BCUT2D eigenvalue weighted by Gasteiger charge is -2.39. The maximum absolute atomic E-state index is 13.4. The molecule has 5 rings (SSSR count). The number of aromatic nitrogens is 4. The van der Waals surface area contributed by atoms with Crippen LogP contribution in [0.5, 0.6) is 0 Å². The number of pyridine rings is 2. The van der Waals surface area contributed by atoms with Gasteiger partial charge in [0, 0.05) is 60.2 Å². The molecule has 2 fully saturated rings. The monoisotopic (exact) mass is 501 g/mol. The standard InChI is InChI=1S/C24H26F3N7O2/c1-13-16(5-7-30-22(13)28)23(36)32-10-15(11-32)21-20-14(2)29-8-6-17(20)34(31-21)12-19(35)33-9-3-4-18(33)24(25,26)27/h5-8,15,18H,3-4,9-12H2,1-2H3,(H2,28,30)/t18-/m0/s1. The largest absolute Gasteiger partial charge is 0.408 e. The third-order valence-electron chi connectivity index (χ3n) is 7.15. The normalized spacial score (nSPS) is 18.6. The van der Waals surface area contributed by atoms with Gasteiger partial charge in [-0.1, -0.05) is 0 Å². The molecule has 0 saturated carbocycles. The van der Waals surface area contributed by atoms with Crippen LogP contribution in [-0.2, 0) is 11.3 Å². The molecule has 3 aromatic heterocycles. The second kappa shape index (κ2) is 8.75. The smallest absolute Gasteiger partial charge is 0.383 e. The number of hydrogen-bond acceptors (Lipinski definition) is 6. The highest BCUT2D eigenvalue weighted by atomic mass is 19.4. The molecule has 0 bridgehead atoms. The molecular weight excluding hydrogens is 475 g/mol. The van der Waals surface area contributed by atoms with E-state index in [1.54, 1.807) is 30.2 Å². The second-order valence-corrected chi connectivity index (χ2v) is 9.40. The summed E-state index contributed by atoms with van der Waals surface area (Å²) >= 11 is 0. The van der Waals surface area contributed by atoms with Crippen molar-refractivity contribution in [1.82, 2.24) is 29.5 Å². The van der Waals surface area contributed by atoms with E-state index in [4.69, 9.17) is 5.73 Å². The average molecular weight is 502 g/mol. The Labute approximate surface area is 205 Å². The fourth-order valence-electron chi connectivity index (χ4n) is 5.12. The van der Waals surface area contributed by atoms with E-state index in [0.717, 1.165) is 10.3 Å². The minimum atomic E-state index is -4.45. The van der Waals surface area contributed by atoms with Crippen molar-refractivity contribution in [3.63, 3.8) is 0 Å². The lowest BCUT2D eigenvalue weighted by atomic mass is 9.92. The van der Waals surface area contributed by atoms with Gasteiger partial charge in [0.2, 0.25) is 5.91 Å². The molecule has 0 radical (unpaired) electrons. The van der Waals surface area contributed by atoms with Gasteiger partial charge in [-0.2, -0.15) is 18.3 Å². The molecule has 0 aliphatic carbocycles. The third-order valence-corrected chi connectivity index (χ3v) is 7.15. The van der Waals surface area contributed by atoms with Crippen LogP contribution in [0, 0.1) is 13.8 Å². The molecule has 2 aliphatic heterocycles. The number of hydrogen-bond donors (Lipinski definition) is 1. The van der Waals surface area contributed by atoms with Crippen molar-refractivity contribution < 1.29 is 22.8 Å². The molecule has 3 aromatic rings. The molecule has 2 aliphatic rings. The van der Waals surface area contributed by atoms with Gasteiger partial charge in [0.25, 0.3) is 5.91 Å². The van der Waals surface area contributed by atoms with Gasteiger partial charge in [-0.25, -0.2) is 4.98 Å². The van der Waals surface area contributed by atoms with E-state index in [-0.39, 0.29) is 31.3 Å². The van der Waals surface area contributed by atoms with Crippen LogP contribution in [0.4, 0.5) is 19.0 Å². The number of rotatable bonds is 4. The van der Waals surface area contributed by atoms with E-state index in [1.165, 1.54) is 10.9 Å². The molecule has 0 spiro atoms. The minimum Gasteiger partial charge on any atom is -0.383 e. The minimum absolute atomic E-state index is 0.0777. The Hall–Kier alpha value is -3.70. The van der Waals surface area contributed by atoms with Crippen LogP contribution in [-0.4, -0.2) is 73.2 Å². The quantitative estimate of drug-likeness (QED) is 0.589. The maximum Gasteiger partial charge on any atom is 0.408 e. The Kier molecular flexibility index (Phi) is 5.84. The summed E-state index contributed by atoms with van der Waals surface area (Å²) in [6.45, 7) is 4.18. The molecule has 5 heterocycles. The first-order valence-electron chi connectivity index (χ1n) is 11.7. The van der Waals surface area contributed by atoms with Gasteiger partial charge in [0.05, 0.1) is 11.2 Å². The first kappa shape index (κ1) is 24.0. The van der Waals surface area contributed by atoms with E-state index >= 15 is 0 Å². The summed E-state index contributed by atoms with van der Waals surface area (Å²) in [6.07, 6.45) is -1.14. The van der Waals surface area contributed by atoms with Gasteiger partial charge in [-0.15, -0.1) is 0 Å². The number of aryl methyl sites for hydroxylation is 1. The highest BCUT2D eigenvalue weighted by molar-refractivity contribution is 5.97. The molecule has 0 unspecified atom stereocenters. The van der Waals surface area contributed by atoms with Crippen LogP contribution in [0.3, 0.4) is 0 Å². The van der Waals surface area contributed by atoms with Crippen LogP contribution < -0.4 is 5.73 Å². The predicted molar refractivity (Wildman–Crippen MR) is 125 cm³/mol. The number of alkyl halides is 3. The maximum atomic E-state index is 13.4. The molecule has 2 amide bonds. The molecule has 1 atom stereocenters. The van der Waals surface area contributed by atoms with Crippen LogP contribution in [0.25, 0.3) is 10.9 Å². The zero-order valence-electron chi connectivity index (χ0n) is 19.9. The Morgan fingerprint density at radius 2 is 1.86 bits per heavy atom. The van der Waals surface area contributed by atoms with E-state index in [0.29, 0.717) is 53.4 Å². The number of nitrogens with two attached hydrogens (primary N) is 1. The van der Waals surface area contributed by atoms with E-state index in [1.807, 2.05) is 6.92 Å². The van der Waals surface area contributed by atoms with Gasteiger partial charge < -0.3 is 15.5 Å². The SMILES string of the molecule is Cc1c(C(=O)N2CC(c3nn(CC(=O)N4CCC[C@H]4C(F)(F)F)c4ccnc(C)c34)C2)ccnc1N. The fraction of sp³-hybridized carbons (Fsp3) is 0.458. The summed E-state index contributed by atoms with van der Waals surface area (Å²) in [5.41, 5.74) is 8.98. The summed E-state index contributed by atoms with van der Waals surface area (Å²) < 4.78 is 41.6. The molecule has 36 heavy (non-hydrogen) atoms. The van der Waals surface area contributed by atoms with E-state index in [2.05, 4.69) is 15.1 Å². The Morgan fingerprint density at radius 1 is 1.14 bits per heavy atom. The van der Waals surface area contributed by atoms with Crippen molar-refractivity contribution in [1.29, 1.82) is 0 Å². The number of carbonyl (C=O) groups is 2. The zero-order valence-corrected chi connectivity index (χ0v) is 19.9. The molecule has 9 nitrogen and oxygen atoms in total. The average Bonchev–Trinajstić information content (AvgIpc) is 3.41. The molecule has 0 aromatic carbocycles. The number of halogens is 3. The van der Waals surface area contributed by atoms with Gasteiger partial charge >= 0.3 is 6.18 Å². The molecule has 12 heteroatoms. The van der Waals surface area contributed by atoms with Crippen molar-refractivity contribution in [3.8, 4) is 0 Å². The topological polar surface area (TPSA) is 110 Å².